The van der Waals surface area contributed by atoms with Gasteiger partial charge in [0.25, 0.3) is 0 Å². The first-order valence-electron chi connectivity index (χ1n) is 15.1. The molecule has 5 nitrogen and oxygen atoms in total. The molecule has 0 fully saturated rings. The third-order valence-corrected chi connectivity index (χ3v) is 8.06. The molecule has 0 spiro atoms. The van der Waals surface area contributed by atoms with Gasteiger partial charge in [0.1, 0.15) is 5.82 Å². The van der Waals surface area contributed by atoms with Crippen LogP contribution in [0.4, 0.5) is 0 Å². The Labute approximate surface area is 252 Å². The molecule has 0 aliphatic heterocycles. The molecule has 5 heteroatoms. The number of rotatable bonds is 9. The highest BCUT2D eigenvalue weighted by Gasteiger charge is 2.15. The fourth-order valence-corrected chi connectivity index (χ4v) is 5.84. The molecule has 210 valence electrons. The van der Waals surface area contributed by atoms with Gasteiger partial charge in [-0.25, -0.2) is 9.97 Å². The van der Waals surface area contributed by atoms with E-state index in [1.54, 1.807) is 0 Å². The van der Waals surface area contributed by atoms with E-state index >= 15 is 0 Å². The van der Waals surface area contributed by atoms with E-state index in [9.17, 15) is 0 Å². The van der Waals surface area contributed by atoms with Crippen LogP contribution in [0, 0.1) is 0 Å². The summed E-state index contributed by atoms with van der Waals surface area (Å²) in [7, 11) is 0. The lowest BCUT2D eigenvalue weighted by Gasteiger charge is -2.12. The molecular formula is C38H33N5. The van der Waals surface area contributed by atoms with Crippen molar-refractivity contribution >= 4 is 21.9 Å². The van der Waals surface area contributed by atoms with Crippen LogP contribution >= 0.6 is 0 Å². The van der Waals surface area contributed by atoms with Gasteiger partial charge < -0.3 is 0 Å². The first kappa shape index (κ1) is 26.7. The Hall–Kier alpha value is -5.16. The number of pyridine rings is 4. The highest BCUT2D eigenvalue weighted by Crippen LogP contribution is 2.33. The fourth-order valence-electron chi connectivity index (χ4n) is 5.84. The first-order chi connectivity index (χ1) is 21.3. The lowest BCUT2D eigenvalue weighted by Crippen LogP contribution is -2.00. The van der Waals surface area contributed by atoms with Crippen LogP contribution in [0.15, 0.2) is 122 Å². The standard InChI is InChI=1S/C38H33N5/c1-2-3-4-5-10-27-16-18-28(19-17-27)30-25-33(29-20-23-39-24-21-29)41-34(26-30)32-12-8-15-37(42-32)43-35-13-7-6-11-31(35)38-36(43)14-9-22-40-38/h6-9,11-26H,2-5,10H2,1H3. The van der Waals surface area contributed by atoms with Gasteiger partial charge in [-0.3, -0.25) is 14.5 Å². The topological polar surface area (TPSA) is 56.5 Å². The van der Waals surface area contributed by atoms with Crippen LogP contribution in [0.3, 0.4) is 0 Å². The molecule has 43 heavy (non-hydrogen) atoms. The molecule has 7 aromatic rings. The van der Waals surface area contributed by atoms with Gasteiger partial charge in [0.05, 0.1) is 33.6 Å². The smallest absolute Gasteiger partial charge is 0.138 e. The number of hydrogen-bond acceptors (Lipinski definition) is 4. The molecule has 2 aromatic carbocycles. The number of unbranched alkanes of at least 4 members (excludes halogenated alkanes) is 3. The third kappa shape index (κ3) is 5.42. The minimum absolute atomic E-state index is 0.817. The third-order valence-electron chi connectivity index (χ3n) is 8.06. The second-order valence-corrected chi connectivity index (χ2v) is 11.0. The van der Waals surface area contributed by atoms with Crippen molar-refractivity contribution in [3.8, 4) is 39.6 Å². The maximum absolute atomic E-state index is 5.18. The molecule has 0 bridgehead atoms. The van der Waals surface area contributed by atoms with Crippen LogP contribution in [-0.2, 0) is 6.42 Å². The van der Waals surface area contributed by atoms with Gasteiger partial charge in [0.2, 0.25) is 0 Å². The molecule has 5 aromatic heterocycles. The Bertz CT molecular complexity index is 1960. The van der Waals surface area contributed by atoms with Crippen molar-refractivity contribution in [1.82, 2.24) is 24.5 Å². The summed E-state index contributed by atoms with van der Waals surface area (Å²) in [6.45, 7) is 2.26. The predicted molar refractivity (Wildman–Crippen MR) is 176 cm³/mol. The molecule has 5 heterocycles. The minimum Gasteiger partial charge on any atom is -0.292 e. The maximum Gasteiger partial charge on any atom is 0.138 e. The van der Waals surface area contributed by atoms with Crippen molar-refractivity contribution in [2.24, 2.45) is 0 Å². The van der Waals surface area contributed by atoms with Crippen LogP contribution in [0.2, 0.25) is 0 Å². The van der Waals surface area contributed by atoms with Crippen molar-refractivity contribution < 1.29 is 0 Å². The van der Waals surface area contributed by atoms with Gasteiger partial charge >= 0.3 is 0 Å². The van der Waals surface area contributed by atoms with Crippen LogP contribution < -0.4 is 0 Å². The monoisotopic (exact) mass is 559 g/mol. The summed E-state index contributed by atoms with van der Waals surface area (Å²) in [5, 5.41) is 1.11. The zero-order chi connectivity index (χ0) is 29.0. The molecule has 0 saturated carbocycles. The Morgan fingerprint density at radius 2 is 1.40 bits per heavy atom. The van der Waals surface area contributed by atoms with Crippen molar-refractivity contribution in [2.75, 3.05) is 0 Å². The molecule has 0 unspecified atom stereocenters. The van der Waals surface area contributed by atoms with Crippen molar-refractivity contribution in [2.45, 2.75) is 39.0 Å². The second-order valence-electron chi connectivity index (χ2n) is 11.0. The summed E-state index contributed by atoms with van der Waals surface area (Å²) >= 11 is 0. The summed E-state index contributed by atoms with van der Waals surface area (Å²) in [6, 6.07) is 35.9. The lowest BCUT2D eigenvalue weighted by molar-refractivity contribution is 0.667. The van der Waals surface area contributed by atoms with E-state index in [2.05, 4.69) is 95.3 Å². The van der Waals surface area contributed by atoms with Gasteiger partial charge in [-0.05, 0) is 84.1 Å². The van der Waals surface area contributed by atoms with Crippen LogP contribution in [0.25, 0.3) is 61.5 Å². The van der Waals surface area contributed by atoms with Crippen molar-refractivity contribution in [3.63, 3.8) is 0 Å². The van der Waals surface area contributed by atoms with Gasteiger partial charge in [-0.15, -0.1) is 0 Å². The van der Waals surface area contributed by atoms with Crippen molar-refractivity contribution in [1.29, 1.82) is 0 Å². The Morgan fingerprint density at radius 1 is 0.581 bits per heavy atom. The summed E-state index contributed by atoms with van der Waals surface area (Å²) < 4.78 is 2.19. The van der Waals surface area contributed by atoms with E-state index < -0.39 is 0 Å². The van der Waals surface area contributed by atoms with Crippen molar-refractivity contribution in [3.05, 3.63) is 127 Å². The fraction of sp³-hybridized carbons (Fsp3) is 0.158. The summed E-state index contributed by atoms with van der Waals surface area (Å²) in [4.78, 5) is 19.2. The maximum atomic E-state index is 5.18. The zero-order valence-electron chi connectivity index (χ0n) is 24.3. The number of aryl methyl sites for hydroxylation is 1. The van der Waals surface area contributed by atoms with E-state index in [1.807, 2.05) is 42.9 Å². The number of nitrogens with zero attached hydrogens (tertiary/aromatic N) is 5. The van der Waals surface area contributed by atoms with E-state index in [4.69, 9.17) is 15.0 Å². The summed E-state index contributed by atoms with van der Waals surface area (Å²) in [5.74, 6) is 0.835. The number of para-hydroxylation sites is 1. The molecular weight excluding hydrogens is 526 g/mol. The van der Waals surface area contributed by atoms with Crippen LogP contribution in [-0.4, -0.2) is 24.5 Å². The number of aromatic nitrogens is 5. The van der Waals surface area contributed by atoms with Gasteiger partial charge in [0, 0.05) is 29.5 Å². The van der Waals surface area contributed by atoms with Gasteiger partial charge in [-0.2, -0.15) is 0 Å². The predicted octanol–water partition coefficient (Wildman–Crippen LogP) is 9.49. The number of hydrogen-bond donors (Lipinski definition) is 0. The molecule has 7 rings (SSSR count). The Morgan fingerprint density at radius 3 is 2.26 bits per heavy atom. The highest BCUT2D eigenvalue weighted by molar-refractivity contribution is 6.06. The zero-order valence-corrected chi connectivity index (χ0v) is 24.3. The number of benzene rings is 2. The Balaban J connectivity index is 1.32. The van der Waals surface area contributed by atoms with E-state index in [0.717, 1.165) is 62.4 Å². The SMILES string of the molecule is CCCCCCc1ccc(-c2cc(-c3ccncc3)nc(-c3cccc(-n4c5ccccc5c5ncccc54)n3)c2)cc1. The summed E-state index contributed by atoms with van der Waals surface area (Å²) in [5.41, 5.74) is 10.3. The first-order valence-corrected chi connectivity index (χ1v) is 15.1. The lowest BCUT2D eigenvalue weighted by atomic mass is 9.99. The molecule has 0 aliphatic rings. The van der Waals surface area contributed by atoms with Crippen LogP contribution in [0.5, 0.6) is 0 Å². The number of fused-ring (bicyclic) bond motifs is 3. The minimum atomic E-state index is 0.817. The summed E-state index contributed by atoms with van der Waals surface area (Å²) in [6.07, 6.45) is 11.7. The molecule has 0 radical (unpaired) electrons. The molecule has 0 aliphatic carbocycles. The highest BCUT2D eigenvalue weighted by atomic mass is 15.1. The van der Waals surface area contributed by atoms with Gasteiger partial charge in [0.15, 0.2) is 0 Å². The molecule has 0 amide bonds. The largest absolute Gasteiger partial charge is 0.292 e. The Kier molecular flexibility index (Phi) is 7.45. The normalized spacial score (nSPS) is 11.4. The quantitative estimate of drug-likeness (QED) is 0.165. The average Bonchev–Trinajstić information content (AvgIpc) is 3.42. The molecule has 0 atom stereocenters. The van der Waals surface area contributed by atoms with E-state index in [-0.39, 0.29) is 0 Å². The molecule has 0 N–H and O–H groups in total. The van der Waals surface area contributed by atoms with E-state index in [1.165, 1.54) is 36.8 Å². The van der Waals surface area contributed by atoms with Crippen LogP contribution in [0.1, 0.15) is 38.2 Å². The average molecular weight is 560 g/mol. The van der Waals surface area contributed by atoms with E-state index in [0.29, 0.717) is 0 Å². The van der Waals surface area contributed by atoms with Gasteiger partial charge in [-0.1, -0.05) is 74.7 Å². The molecule has 0 saturated heterocycles. The second kappa shape index (κ2) is 12.0.